The van der Waals surface area contributed by atoms with Crippen LogP contribution in [0, 0.1) is 13.8 Å². The third-order valence-electron chi connectivity index (χ3n) is 4.41. The number of rotatable bonds is 6. The summed E-state index contributed by atoms with van der Waals surface area (Å²) in [6.45, 7) is 3.80. The molecule has 0 atom stereocenters. The minimum Gasteiger partial charge on any atom is -0.358 e. The van der Waals surface area contributed by atoms with Gasteiger partial charge < -0.3 is 10.6 Å². The predicted molar refractivity (Wildman–Crippen MR) is 115 cm³/mol. The van der Waals surface area contributed by atoms with Crippen molar-refractivity contribution in [2.24, 2.45) is 0 Å². The zero-order chi connectivity index (χ0) is 21.0. The third kappa shape index (κ3) is 4.65. The first kappa shape index (κ1) is 20.6. The summed E-state index contributed by atoms with van der Waals surface area (Å²) < 4.78 is 1.56. The maximum absolute atomic E-state index is 13.3. The molecule has 2 amide bonds. The Balaban J connectivity index is 2.01. The molecule has 8 heteroatoms. The van der Waals surface area contributed by atoms with Gasteiger partial charge in [-0.15, -0.1) is 0 Å². The van der Waals surface area contributed by atoms with E-state index in [1.807, 2.05) is 38.1 Å². The van der Waals surface area contributed by atoms with Gasteiger partial charge in [0.1, 0.15) is 0 Å². The number of likely N-dealkylation sites (N-methyl/N-ethyl adjacent to an activating group) is 1. The Bertz CT molecular complexity index is 1140. The number of aromatic nitrogens is 2. The monoisotopic (exact) mass is 410 g/mol. The highest BCUT2D eigenvalue weighted by molar-refractivity contribution is 7.99. The van der Waals surface area contributed by atoms with Gasteiger partial charge in [0.15, 0.2) is 5.16 Å². The van der Waals surface area contributed by atoms with Crippen LogP contribution < -0.4 is 16.2 Å². The summed E-state index contributed by atoms with van der Waals surface area (Å²) >= 11 is 1.16. The van der Waals surface area contributed by atoms with Crippen molar-refractivity contribution in [3.8, 4) is 5.69 Å². The molecule has 2 aromatic carbocycles. The molecule has 0 saturated heterocycles. The summed E-state index contributed by atoms with van der Waals surface area (Å²) in [4.78, 5) is 41.3. The summed E-state index contributed by atoms with van der Waals surface area (Å²) in [5.41, 5.74) is 3.08. The molecule has 0 bridgehead atoms. The maximum Gasteiger partial charge on any atom is 0.266 e. The van der Waals surface area contributed by atoms with Crippen molar-refractivity contribution in [2.75, 3.05) is 19.3 Å². The Morgan fingerprint density at radius 3 is 2.62 bits per heavy atom. The van der Waals surface area contributed by atoms with Gasteiger partial charge in [0.25, 0.3) is 5.56 Å². The minimum absolute atomic E-state index is 0.0344. The average molecular weight is 410 g/mol. The second-order valence-electron chi connectivity index (χ2n) is 6.58. The lowest BCUT2D eigenvalue weighted by Crippen LogP contribution is -2.36. The molecule has 0 aliphatic carbocycles. The predicted octanol–water partition coefficient (Wildman–Crippen LogP) is 1.96. The van der Waals surface area contributed by atoms with Crippen LogP contribution in [-0.4, -0.2) is 40.7 Å². The molecule has 3 aromatic rings. The van der Waals surface area contributed by atoms with Gasteiger partial charge in [0.2, 0.25) is 11.8 Å². The Hall–Kier alpha value is -3.13. The molecule has 0 aliphatic heterocycles. The summed E-state index contributed by atoms with van der Waals surface area (Å²) in [7, 11) is 1.51. The molecular weight excluding hydrogens is 388 g/mol. The lowest BCUT2D eigenvalue weighted by molar-refractivity contribution is -0.124. The zero-order valence-electron chi connectivity index (χ0n) is 16.5. The van der Waals surface area contributed by atoms with Crippen molar-refractivity contribution < 1.29 is 9.59 Å². The van der Waals surface area contributed by atoms with Gasteiger partial charge in [-0.25, -0.2) is 4.98 Å². The Labute approximate surface area is 172 Å². The lowest BCUT2D eigenvalue weighted by atomic mass is 10.1. The van der Waals surface area contributed by atoms with Gasteiger partial charge >= 0.3 is 0 Å². The highest BCUT2D eigenvalue weighted by Gasteiger charge is 2.16. The fraction of sp³-hybridized carbons (Fsp3) is 0.238. The lowest BCUT2D eigenvalue weighted by Gasteiger charge is -2.15. The van der Waals surface area contributed by atoms with Crippen molar-refractivity contribution in [1.29, 1.82) is 0 Å². The fourth-order valence-electron chi connectivity index (χ4n) is 2.83. The Morgan fingerprint density at radius 1 is 1.10 bits per heavy atom. The molecule has 0 spiro atoms. The molecule has 7 nitrogen and oxygen atoms in total. The van der Waals surface area contributed by atoms with E-state index in [9.17, 15) is 14.4 Å². The maximum atomic E-state index is 13.3. The number of amides is 2. The molecule has 1 aromatic heterocycles. The number of carbonyl (C=O) groups excluding carboxylic acids is 2. The SMILES string of the molecule is CNC(=O)CNC(=O)CSc1nc2ccccc2c(=O)n1-c1cc(C)ccc1C. The molecule has 150 valence electrons. The summed E-state index contributed by atoms with van der Waals surface area (Å²) in [6, 6.07) is 13.0. The van der Waals surface area contributed by atoms with Crippen molar-refractivity contribution in [3.63, 3.8) is 0 Å². The molecular formula is C21H22N4O3S. The number of carbonyl (C=O) groups is 2. The van der Waals surface area contributed by atoms with Gasteiger partial charge in [-0.05, 0) is 43.2 Å². The van der Waals surface area contributed by atoms with Crippen LogP contribution in [0.4, 0.5) is 0 Å². The van der Waals surface area contributed by atoms with E-state index in [1.54, 1.807) is 22.8 Å². The minimum atomic E-state index is -0.312. The molecule has 3 rings (SSSR count). The van der Waals surface area contributed by atoms with Crippen LogP contribution in [0.5, 0.6) is 0 Å². The van der Waals surface area contributed by atoms with Crippen molar-refractivity contribution in [1.82, 2.24) is 20.2 Å². The van der Waals surface area contributed by atoms with E-state index in [0.717, 1.165) is 28.6 Å². The summed E-state index contributed by atoms with van der Waals surface area (Å²) in [5, 5.41) is 5.94. The van der Waals surface area contributed by atoms with E-state index >= 15 is 0 Å². The molecule has 29 heavy (non-hydrogen) atoms. The van der Waals surface area contributed by atoms with Crippen LogP contribution in [0.15, 0.2) is 52.4 Å². The van der Waals surface area contributed by atoms with Crippen LogP contribution in [0.3, 0.4) is 0 Å². The summed E-state index contributed by atoms with van der Waals surface area (Å²) in [5.74, 6) is -0.555. The number of thioether (sulfide) groups is 1. The van der Waals surface area contributed by atoms with E-state index in [1.165, 1.54) is 7.05 Å². The normalized spacial score (nSPS) is 10.7. The van der Waals surface area contributed by atoms with Crippen molar-refractivity contribution in [3.05, 3.63) is 63.9 Å². The summed E-state index contributed by atoms with van der Waals surface area (Å²) in [6.07, 6.45) is 0. The first-order valence-electron chi connectivity index (χ1n) is 9.10. The standard InChI is InChI=1S/C21H22N4O3S/c1-13-8-9-14(2)17(10-13)25-20(28)15-6-4-5-7-16(15)24-21(25)29-12-19(27)23-11-18(26)22-3/h4-10H,11-12H2,1-3H3,(H,22,26)(H,23,27). The third-order valence-corrected chi connectivity index (χ3v) is 5.35. The van der Waals surface area contributed by atoms with Gasteiger partial charge in [-0.1, -0.05) is 36.0 Å². The van der Waals surface area contributed by atoms with Crippen molar-refractivity contribution >= 4 is 34.5 Å². The number of para-hydroxylation sites is 1. The smallest absolute Gasteiger partial charge is 0.266 e. The molecule has 0 aliphatic rings. The van der Waals surface area contributed by atoms with E-state index in [2.05, 4.69) is 15.6 Å². The number of nitrogens with zero attached hydrogens (tertiary/aromatic N) is 2. The first-order chi connectivity index (χ1) is 13.9. The first-order valence-corrected chi connectivity index (χ1v) is 10.1. The largest absolute Gasteiger partial charge is 0.358 e. The van der Waals surface area contributed by atoms with Crippen molar-refractivity contribution in [2.45, 2.75) is 19.0 Å². The quantitative estimate of drug-likeness (QED) is 0.479. The molecule has 0 fully saturated rings. The number of fused-ring (bicyclic) bond motifs is 1. The van der Waals surface area contributed by atoms with Crippen LogP contribution in [0.25, 0.3) is 16.6 Å². The molecule has 0 radical (unpaired) electrons. The van der Waals surface area contributed by atoms with E-state index in [4.69, 9.17) is 0 Å². The Morgan fingerprint density at radius 2 is 1.86 bits per heavy atom. The molecule has 0 saturated carbocycles. The van der Waals surface area contributed by atoms with E-state index in [0.29, 0.717) is 16.1 Å². The van der Waals surface area contributed by atoms with E-state index < -0.39 is 0 Å². The highest BCUT2D eigenvalue weighted by Crippen LogP contribution is 2.23. The second kappa shape index (κ2) is 8.91. The van der Waals surface area contributed by atoms with E-state index in [-0.39, 0.29) is 29.7 Å². The van der Waals surface area contributed by atoms with Crippen LogP contribution in [0.2, 0.25) is 0 Å². The van der Waals surface area contributed by atoms with Gasteiger partial charge in [0.05, 0.1) is 28.9 Å². The number of nitrogens with one attached hydrogen (secondary N) is 2. The van der Waals surface area contributed by atoms with Gasteiger partial charge in [0, 0.05) is 7.05 Å². The second-order valence-corrected chi connectivity index (χ2v) is 7.52. The molecule has 0 unspecified atom stereocenters. The molecule has 2 N–H and O–H groups in total. The molecule has 1 heterocycles. The number of aryl methyl sites for hydroxylation is 2. The van der Waals surface area contributed by atoms with Crippen LogP contribution in [-0.2, 0) is 9.59 Å². The zero-order valence-corrected chi connectivity index (χ0v) is 17.3. The number of hydrogen-bond acceptors (Lipinski definition) is 5. The highest BCUT2D eigenvalue weighted by atomic mass is 32.2. The topological polar surface area (TPSA) is 93.1 Å². The number of hydrogen-bond donors (Lipinski definition) is 2. The van der Waals surface area contributed by atoms with Crippen LogP contribution >= 0.6 is 11.8 Å². The fourth-order valence-corrected chi connectivity index (χ4v) is 3.67. The number of benzene rings is 2. The Kier molecular flexibility index (Phi) is 6.33. The van der Waals surface area contributed by atoms with Gasteiger partial charge in [-0.3, -0.25) is 19.0 Å². The van der Waals surface area contributed by atoms with Gasteiger partial charge in [-0.2, -0.15) is 0 Å². The average Bonchev–Trinajstić information content (AvgIpc) is 2.72. The van der Waals surface area contributed by atoms with Crippen LogP contribution in [0.1, 0.15) is 11.1 Å².